The number of hydrogen-bond acceptors (Lipinski definition) is 7. The summed E-state index contributed by atoms with van der Waals surface area (Å²) in [6.45, 7) is 1.65. The van der Waals surface area contributed by atoms with Gasteiger partial charge in [-0.3, -0.25) is 19.3 Å². The highest BCUT2D eigenvalue weighted by molar-refractivity contribution is 9.10. The van der Waals surface area contributed by atoms with Gasteiger partial charge < -0.3 is 4.74 Å². The largest absolute Gasteiger partial charge is 0.454 e. The summed E-state index contributed by atoms with van der Waals surface area (Å²) in [7, 11) is 0. The van der Waals surface area contributed by atoms with Crippen molar-refractivity contribution in [1.82, 2.24) is 4.98 Å². The zero-order chi connectivity index (χ0) is 29.1. The predicted molar refractivity (Wildman–Crippen MR) is 163 cm³/mol. The summed E-state index contributed by atoms with van der Waals surface area (Å²) in [5, 5.41) is 2.42. The highest BCUT2D eigenvalue weighted by atomic mass is 79.9. The first-order valence-corrected chi connectivity index (χ1v) is 15.5. The quantitative estimate of drug-likeness (QED) is 0.0973. The molecule has 7 rings (SSSR count). The van der Waals surface area contributed by atoms with E-state index in [-0.39, 0.29) is 47.9 Å². The van der Waals surface area contributed by atoms with Crippen LogP contribution in [0.5, 0.6) is 0 Å². The Kier molecular flexibility index (Phi) is 6.66. The average Bonchev–Trinajstić information content (AvgIpc) is 3.80. The molecule has 2 fully saturated rings. The number of amides is 2. The number of carbonyl (C=O) groups excluding carboxylic acids is 4. The molecule has 9 heteroatoms. The van der Waals surface area contributed by atoms with E-state index in [1.54, 1.807) is 35.7 Å². The lowest BCUT2D eigenvalue weighted by atomic mass is 9.85. The summed E-state index contributed by atoms with van der Waals surface area (Å²) < 4.78 is 6.29. The fourth-order valence-corrected chi connectivity index (χ4v) is 7.76. The van der Waals surface area contributed by atoms with E-state index >= 15 is 0 Å². The van der Waals surface area contributed by atoms with E-state index in [4.69, 9.17) is 9.72 Å². The molecule has 0 N–H and O–H groups in total. The van der Waals surface area contributed by atoms with Crippen LogP contribution < -0.4 is 4.90 Å². The van der Waals surface area contributed by atoms with Gasteiger partial charge in [0.25, 0.3) is 0 Å². The number of anilines is 1. The van der Waals surface area contributed by atoms with Gasteiger partial charge in [-0.15, -0.1) is 11.3 Å². The van der Waals surface area contributed by atoms with Crippen LogP contribution in [0.3, 0.4) is 0 Å². The molecule has 2 bridgehead atoms. The Labute approximate surface area is 254 Å². The number of hydrogen-bond donors (Lipinski definition) is 0. The van der Waals surface area contributed by atoms with Crippen molar-refractivity contribution in [3.8, 4) is 11.3 Å². The molecule has 1 saturated carbocycles. The second-order valence-electron chi connectivity index (χ2n) is 10.9. The van der Waals surface area contributed by atoms with Crippen molar-refractivity contribution >= 4 is 67.4 Å². The van der Waals surface area contributed by atoms with Gasteiger partial charge in [0.2, 0.25) is 17.6 Å². The highest BCUT2D eigenvalue weighted by Gasteiger charge is 2.59. The number of esters is 1. The van der Waals surface area contributed by atoms with Crippen molar-refractivity contribution in [2.45, 2.75) is 19.8 Å². The standard InChI is InChI=1S/C33H25BrN2O5S/c1-2-17-13-21(34)14-23-24(33(40)41-16-26(37)27-4-3-11-42-27)15-25(35-30(17)23)18-7-9-22(10-8-18)36-31(38)28-19-5-6-20(12-19)29(28)32(36)39/h3-11,13-15,19-20,28-29H,2,12,16H2,1H3. The Hall–Kier alpha value is -3.95. The molecule has 3 heterocycles. The van der Waals surface area contributed by atoms with Gasteiger partial charge in [0, 0.05) is 15.4 Å². The number of aromatic nitrogens is 1. The van der Waals surface area contributed by atoms with Gasteiger partial charge >= 0.3 is 5.97 Å². The molecule has 42 heavy (non-hydrogen) atoms. The maximum absolute atomic E-state index is 13.4. The van der Waals surface area contributed by atoms with Crippen LogP contribution in [-0.2, 0) is 20.7 Å². The molecule has 1 saturated heterocycles. The minimum absolute atomic E-state index is 0.126. The Balaban J connectivity index is 1.22. The second kappa shape index (κ2) is 10.4. The van der Waals surface area contributed by atoms with Crippen molar-refractivity contribution in [2.24, 2.45) is 23.7 Å². The van der Waals surface area contributed by atoms with E-state index < -0.39 is 5.97 Å². The number of ether oxygens (including phenoxy) is 1. The number of benzene rings is 2. The average molecular weight is 642 g/mol. The predicted octanol–water partition coefficient (Wildman–Crippen LogP) is 6.64. The number of fused-ring (bicyclic) bond motifs is 6. The molecule has 0 spiro atoms. The third kappa shape index (κ3) is 4.34. The number of halogens is 1. The van der Waals surface area contributed by atoms with Gasteiger partial charge in [-0.2, -0.15) is 0 Å². The van der Waals surface area contributed by atoms with Crippen LogP contribution in [0, 0.1) is 23.7 Å². The van der Waals surface area contributed by atoms with Crippen LogP contribution in [0.2, 0.25) is 0 Å². The summed E-state index contributed by atoms with van der Waals surface area (Å²) >= 11 is 4.84. The van der Waals surface area contributed by atoms with Crippen molar-refractivity contribution < 1.29 is 23.9 Å². The minimum atomic E-state index is -0.617. The molecule has 2 aliphatic carbocycles. The maximum Gasteiger partial charge on any atom is 0.339 e. The topological polar surface area (TPSA) is 93.6 Å². The molecule has 210 valence electrons. The maximum atomic E-state index is 13.4. The lowest BCUT2D eigenvalue weighted by Gasteiger charge is -2.18. The van der Waals surface area contributed by atoms with E-state index in [2.05, 4.69) is 28.1 Å². The number of ketones is 1. The Morgan fingerprint density at radius 2 is 1.74 bits per heavy atom. The number of rotatable bonds is 7. The van der Waals surface area contributed by atoms with Gasteiger partial charge in [-0.25, -0.2) is 9.78 Å². The summed E-state index contributed by atoms with van der Waals surface area (Å²) in [5.74, 6) is -1.36. The van der Waals surface area contributed by atoms with Crippen LogP contribution in [0.25, 0.3) is 22.2 Å². The van der Waals surface area contributed by atoms with Crippen molar-refractivity contribution in [3.05, 3.63) is 92.6 Å². The van der Waals surface area contributed by atoms with Gasteiger partial charge in [0.05, 0.1) is 39.2 Å². The van der Waals surface area contributed by atoms with Gasteiger partial charge in [-0.1, -0.05) is 53.2 Å². The van der Waals surface area contributed by atoms with Crippen molar-refractivity contribution in [1.29, 1.82) is 0 Å². The monoisotopic (exact) mass is 640 g/mol. The molecule has 4 atom stereocenters. The molecule has 2 aromatic heterocycles. The highest BCUT2D eigenvalue weighted by Crippen LogP contribution is 2.53. The van der Waals surface area contributed by atoms with Crippen molar-refractivity contribution in [2.75, 3.05) is 11.5 Å². The van der Waals surface area contributed by atoms with Gasteiger partial charge in [0.1, 0.15) is 0 Å². The summed E-state index contributed by atoms with van der Waals surface area (Å²) in [6.07, 6.45) is 5.74. The SMILES string of the molecule is CCc1cc(Br)cc2c(C(=O)OCC(=O)c3cccs3)cc(-c3ccc(N4C(=O)C5C6C=CC(C6)C5C4=O)cc3)nc12. The molecular formula is C33H25BrN2O5S. The number of allylic oxidation sites excluding steroid dienone is 2. The first-order valence-electron chi connectivity index (χ1n) is 13.9. The van der Waals surface area contributed by atoms with Gasteiger partial charge in [-0.05, 0) is 72.0 Å². The minimum Gasteiger partial charge on any atom is -0.454 e. The normalized spacial score (nSPS) is 22.3. The van der Waals surface area contributed by atoms with Crippen LogP contribution in [0.4, 0.5) is 5.69 Å². The van der Waals surface area contributed by atoms with Crippen LogP contribution in [0.15, 0.2) is 76.6 Å². The first kappa shape index (κ1) is 26.9. The molecule has 7 nitrogen and oxygen atoms in total. The molecule has 1 aliphatic heterocycles. The first-order chi connectivity index (χ1) is 20.3. The lowest BCUT2D eigenvalue weighted by molar-refractivity contribution is -0.123. The van der Waals surface area contributed by atoms with E-state index in [0.717, 1.165) is 22.0 Å². The van der Waals surface area contributed by atoms with Gasteiger partial charge in [0.15, 0.2) is 6.61 Å². The van der Waals surface area contributed by atoms with E-state index in [1.165, 1.54) is 16.2 Å². The third-order valence-corrected chi connectivity index (χ3v) is 9.95. The molecule has 4 aromatic rings. The Morgan fingerprint density at radius 1 is 1.02 bits per heavy atom. The molecule has 2 amide bonds. The van der Waals surface area contributed by atoms with Crippen molar-refractivity contribution in [3.63, 3.8) is 0 Å². The number of pyridine rings is 1. The van der Waals surface area contributed by atoms with E-state index in [0.29, 0.717) is 39.1 Å². The second-order valence-corrected chi connectivity index (χ2v) is 12.8. The van der Waals surface area contributed by atoms with Crippen LogP contribution in [-0.4, -0.2) is 35.2 Å². The zero-order valence-electron chi connectivity index (χ0n) is 22.6. The number of imide groups is 1. The number of nitrogens with zero attached hydrogens (tertiary/aromatic N) is 2. The number of carbonyl (C=O) groups is 4. The molecule has 2 aromatic carbocycles. The third-order valence-electron chi connectivity index (χ3n) is 8.58. The molecule has 4 unspecified atom stereocenters. The number of thiophene rings is 1. The number of aryl methyl sites for hydroxylation is 1. The smallest absolute Gasteiger partial charge is 0.339 e. The van der Waals surface area contributed by atoms with E-state index in [1.807, 2.05) is 31.2 Å². The van der Waals surface area contributed by atoms with Crippen LogP contribution in [0.1, 0.15) is 38.9 Å². The lowest BCUT2D eigenvalue weighted by Crippen LogP contribution is -2.32. The van der Waals surface area contributed by atoms with E-state index in [9.17, 15) is 19.2 Å². The Morgan fingerprint density at radius 3 is 2.38 bits per heavy atom. The van der Waals surface area contributed by atoms with Crippen LogP contribution >= 0.6 is 27.3 Å². The molecule has 0 radical (unpaired) electrons. The Bertz CT molecular complexity index is 1780. The number of Topliss-reactive ketones (excluding diaryl/α,β-unsaturated/α-hetero) is 1. The fourth-order valence-electron chi connectivity index (χ4n) is 6.60. The summed E-state index contributed by atoms with van der Waals surface area (Å²) in [6, 6.07) is 16.1. The molecular weight excluding hydrogens is 616 g/mol. The zero-order valence-corrected chi connectivity index (χ0v) is 25.0. The summed E-state index contributed by atoms with van der Waals surface area (Å²) in [4.78, 5) is 59.2. The summed E-state index contributed by atoms with van der Waals surface area (Å²) in [5.41, 5.74) is 3.71. The fraction of sp³-hybridized carbons (Fsp3) is 0.242. The molecule has 3 aliphatic rings.